The molecule has 0 fully saturated rings. The van der Waals surface area contributed by atoms with Gasteiger partial charge in [0.2, 0.25) is 0 Å². The van der Waals surface area contributed by atoms with Crippen LogP contribution in [0.1, 0.15) is 0 Å². The smallest absolute Gasteiger partial charge is 0.260 e. The number of hydrogen-bond acceptors (Lipinski definition) is 5. The van der Waals surface area contributed by atoms with Crippen molar-refractivity contribution < 1.29 is 17.2 Å². The molecule has 0 amide bonds. The Morgan fingerprint density at radius 2 is 1.94 bits per heavy atom. The number of nitrogens with zero attached hydrogens (tertiary/aromatic N) is 2. The van der Waals surface area contributed by atoms with Gasteiger partial charge in [0, 0.05) is 18.3 Å². The van der Waals surface area contributed by atoms with Gasteiger partial charge < -0.3 is 0 Å². The number of rotatable bonds is 4. The summed E-state index contributed by atoms with van der Waals surface area (Å²) in [6.07, 6.45) is 0.885. The van der Waals surface area contributed by atoms with Crippen molar-refractivity contribution in [2.45, 2.75) is 0 Å². The normalized spacial score (nSPS) is 11.8. The molecule has 0 radical (unpaired) electrons. The molecule has 0 N–H and O–H groups in total. The van der Waals surface area contributed by atoms with Gasteiger partial charge in [0.1, 0.15) is 5.75 Å². The summed E-state index contributed by atoms with van der Waals surface area (Å²) >= 11 is 0. The first-order valence-corrected chi connectivity index (χ1v) is 5.63. The van der Waals surface area contributed by atoms with Gasteiger partial charge in [-0.25, -0.2) is 0 Å². The lowest BCUT2D eigenvalue weighted by atomic mass is 10.3. The summed E-state index contributed by atoms with van der Waals surface area (Å²) in [6.45, 7) is 0. The summed E-state index contributed by atoms with van der Waals surface area (Å²) in [7, 11) is -4.57. The van der Waals surface area contributed by atoms with Crippen molar-refractivity contribution in [1.82, 2.24) is 0 Å². The number of benzene rings is 1. The maximum atomic E-state index is 12.1. The second-order valence-electron chi connectivity index (χ2n) is 2.79. The van der Waals surface area contributed by atoms with Crippen LogP contribution in [-0.4, -0.2) is 25.3 Å². The van der Waals surface area contributed by atoms with E-state index in [0.29, 0.717) is 5.69 Å². The minimum absolute atomic E-state index is 0.0999. The van der Waals surface area contributed by atoms with E-state index in [-0.39, 0.29) is 5.69 Å². The highest BCUT2D eigenvalue weighted by Gasteiger charge is 2.04. The first kappa shape index (κ1) is 12.2. The van der Waals surface area contributed by atoms with Crippen LogP contribution in [0.4, 0.5) is 15.3 Å². The van der Waals surface area contributed by atoms with Crippen molar-refractivity contribution in [2.75, 3.05) is 5.75 Å². The molecule has 0 aliphatic heterocycles. The summed E-state index contributed by atoms with van der Waals surface area (Å²) in [4.78, 5) is 13.4. The highest BCUT2D eigenvalue weighted by atomic mass is 32.3. The average Bonchev–Trinajstić information content (AvgIpc) is 2.16. The molecule has 1 aromatic rings. The maximum Gasteiger partial charge on any atom is 0.307 e. The van der Waals surface area contributed by atoms with Gasteiger partial charge in [0.25, 0.3) is 5.69 Å². The molecule has 0 bridgehead atoms. The number of hydrogen-bond donors (Lipinski definition) is 0. The molecule has 86 valence electrons. The molecule has 1 aromatic carbocycles. The lowest BCUT2D eigenvalue weighted by molar-refractivity contribution is -0.384. The largest absolute Gasteiger partial charge is 0.307 e. The molecular formula is C8H7FN2O4S. The van der Waals surface area contributed by atoms with Gasteiger partial charge in [-0.3, -0.25) is 15.1 Å². The molecule has 6 nitrogen and oxygen atoms in total. The summed E-state index contributed by atoms with van der Waals surface area (Å²) in [5.41, 5.74) is 0.214. The van der Waals surface area contributed by atoms with Crippen LogP contribution in [0.25, 0.3) is 0 Å². The van der Waals surface area contributed by atoms with E-state index in [1.165, 1.54) is 24.3 Å². The van der Waals surface area contributed by atoms with E-state index in [2.05, 4.69) is 4.99 Å². The van der Waals surface area contributed by atoms with E-state index in [4.69, 9.17) is 0 Å². The van der Waals surface area contributed by atoms with E-state index >= 15 is 0 Å². The quantitative estimate of drug-likeness (QED) is 0.349. The van der Waals surface area contributed by atoms with Gasteiger partial charge in [-0.15, -0.1) is 3.89 Å². The van der Waals surface area contributed by atoms with Crippen molar-refractivity contribution in [1.29, 1.82) is 0 Å². The Hall–Kier alpha value is -1.83. The minimum Gasteiger partial charge on any atom is -0.260 e. The molecule has 0 aromatic heterocycles. The van der Waals surface area contributed by atoms with E-state index in [1.807, 2.05) is 0 Å². The first-order chi connectivity index (χ1) is 7.38. The van der Waals surface area contributed by atoms with E-state index < -0.39 is 20.9 Å². The van der Waals surface area contributed by atoms with Crippen LogP contribution >= 0.6 is 0 Å². The fourth-order valence-corrected chi connectivity index (χ4v) is 1.14. The summed E-state index contributed by atoms with van der Waals surface area (Å²) < 4.78 is 32.3. The molecule has 0 saturated carbocycles. The number of non-ortho nitro benzene ring substituents is 1. The Bertz CT molecular complexity index is 509. The Morgan fingerprint density at radius 3 is 2.38 bits per heavy atom. The lowest BCUT2D eigenvalue weighted by Crippen LogP contribution is -1.98. The van der Waals surface area contributed by atoms with Crippen LogP contribution < -0.4 is 0 Å². The zero-order valence-electron chi connectivity index (χ0n) is 7.91. The SMILES string of the molecule is O=[N+]([O-])c1ccc(N=CCS(=O)(=O)F)cc1. The van der Waals surface area contributed by atoms with E-state index in [1.54, 1.807) is 0 Å². The molecule has 0 aliphatic rings. The molecule has 16 heavy (non-hydrogen) atoms. The number of nitro groups is 1. The van der Waals surface area contributed by atoms with Gasteiger partial charge in [0.05, 0.1) is 10.6 Å². The zero-order valence-corrected chi connectivity index (χ0v) is 8.72. The monoisotopic (exact) mass is 246 g/mol. The van der Waals surface area contributed by atoms with Crippen LogP contribution in [-0.2, 0) is 10.2 Å². The maximum absolute atomic E-state index is 12.1. The Labute approximate surface area is 90.8 Å². The second kappa shape index (κ2) is 4.79. The third-order valence-corrected chi connectivity index (χ3v) is 2.12. The van der Waals surface area contributed by atoms with Crippen molar-refractivity contribution >= 4 is 27.8 Å². The topological polar surface area (TPSA) is 89.6 Å². The van der Waals surface area contributed by atoms with Crippen LogP contribution in [0.3, 0.4) is 0 Å². The predicted molar refractivity (Wildman–Crippen MR) is 56.1 cm³/mol. The van der Waals surface area contributed by atoms with E-state index in [0.717, 1.165) is 6.21 Å². The standard InChI is InChI=1S/C8H7FN2O4S/c9-16(14,15)6-5-10-7-1-3-8(4-2-7)11(12)13/h1-5H,6H2. The summed E-state index contributed by atoms with van der Waals surface area (Å²) in [5.74, 6) is -0.815. The van der Waals surface area contributed by atoms with Gasteiger partial charge in [0.15, 0.2) is 0 Å². The fourth-order valence-electron chi connectivity index (χ4n) is 0.892. The van der Waals surface area contributed by atoms with E-state index in [9.17, 15) is 22.4 Å². The van der Waals surface area contributed by atoms with Crippen molar-refractivity contribution in [2.24, 2.45) is 4.99 Å². The Kier molecular flexibility index (Phi) is 3.67. The zero-order chi connectivity index (χ0) is 12.2. The molecule has 0 aliphatic carbocycles. The van der Waals surface area contributed by atoms with Gasteiger partial charge >= 0.3 is 10.2 Å². The number of nitro benzene ring substituents is 1. The van der Waals surface area contributed by atoms with Crippen LogP contribution in [0.5, 0.6) is 0 Å². The molecule has 0 atom stereocenters. The predicted octanol–water partition coefficient (Wildman–Crippen LogP) is 1.60. The van der Waals surface area contributed by atoms with Crippen LogP contribution in [0, 0.1) is 10.1 Å². The van der Waals surface area contributed by atoms with Gasteiger partial charge in [-0.2, -0.15) is 8.42 Å². The highest BCUT2D eigenvalue weighted by molar-refractivity contribution is 7.87. The third kappa shape index (κ3) is 4.13. The second-order valence-corrected chi connectivity index (χ2v) is 4.20. The fraction of sp³-hybridized carbons (Fsp3) is 0.125. The molecular weight excluding hydrogens is 239 g/mol. The molecule has 0 spiro atoms. The number of halogens is 1. The highest BCUT2D eigenvalue weighted by Crippen LogP contribution is 2.17. The Balaban J connectivity index is 2.73. The first-order valence-electron chi connectivity index (χ1n) is 4.08. The molecule has 0 unspecified atom stereocenters. The van der Waals surface area contributed by atoms with Crippen molar-refractivity contribution in [3.05, 3.63) is 34.4 Å². The third-order valence-electron chi connectivity index (χ3n) is 1.57. The van der Waals surface area contributed by atoms with Gasteiger partial charge in [-0.1, -0.05) is 0 Å². The van der Waals surface area contributed by atoms with Crippen LogP contribution in [0.15, 0.2) is 29.3 Å². The number of aliphatic imine (C=N–C) groups is 1. The summed E-state index contributed by atoms with van der Waals surface area (Å²) in [5, 5.41) is 10.3. The Morgan fingerprint density at radius 1 is 1.38 bits per heavy atom. The summed E-state index contributed by atoms with van der Waals surface area (Å²) in [6, 6.07) is 5.10. The van der Waals surface area contributed by atoms with Crippen LogP contribution in [0.2, 0.25) is 0 Å². The lowest BCUT2D eigenvalue weighted by Gasteiger charge is -1.92. The molecule has 0 saturated heterocycles. The van der Waals surface area contributed by atoms with Crippen molar-refractivity contribution in [3.8, 4) is 0 Å². The van der Waals surface area contributed by atoms with Crippen molar-refractivity contribution in [3.63, 3.8) is 0 Å². The average molecular weight is 246 g/mol. The molecule has 8 heteroatoms. The van der Waals surface area contributed by atoms with Gasteiger partial charge in [-0.05, 0) is 12.1 Å². The molecule has 0 heterocycles. The molecule has 1 rings (SSSR count). The minimum atomic E-state index is -4.57.